The summed E-state index contributed by atoms with van der Waals surface area (Å²) in [6, 6.07) is 33.1. The Morgan fingerprint density at radius 3 is 1.76 bits per heavy atom. The number of ether oxygens (including phenoxy) is 1. The molecule has 0 aliphatic carbocycles. The molecule has 4 aromatic rings. The molecule has 0 saturated heterocycles. The minimum Gasteiger partial charge on any atom is -0.484 e. The summed E-state index contributed by atoms with van der Waals surface area (Å²) in [4.78, 5) is 15.1. The van der Waals surface area contributed by atoms with Crippen LogP contribution < -0.4 is 9.04 Å². The topological polar surface area (TPSA) is 66.9 Å². The molecule has 6 nitrogen and oxygen atoms in total. The van der Waals surface area contributed by atoms with Crippen molar-refractivity contribution in [3.8, 4) is 5.75 Å². The number of amides is 1. The lowest BCUT2D eigenvalue weighted by atomic mass is 10.1. The molecule has 1 amide bonds. The Morgan fingerprint density at radius 1 is 0.730 bits per heavy atom. The van der Waals surface area contributed by atoms with Gasteiger partial charge < -0.3 is 9.64 Å². The maximum absolute atomic E-state index is 13.1. The van der Waals surface area contributed by atoms with E-state index in [1.807, 2.05) is 67.6 Å². The lowest BCUT2D eigenvalue weighted by Gasteiger charge is -2.23. The summed E-state index contributed by atoms with van der Waals surface area (Å²) in [6.45, 7) is 2.72. The minimum absolute atomic E-state index is 0.128. The summed E-state index contributed by atoms with van der Waals surface area (Å²) in [5.74, 6) is 0.341. The zero-order valence-corrected chi connectivity index (χ0v) is 21.8. The summed E-state index contributed by atoms with van der Waals surface area (Å²) in [7, 11) is -2.17. The highest BCUT2D eigenvalue weighted by Gasteiger charge is 2.21. The maximum atomic E-state index is 13.1. The van der Waals surface area contributed by atoms with Gasteiger partial charge in [0.25, 0.3) is 15.9 Å². The zero-order chi connectivity index (χ0) is 26.3. The van der Waals surface area contributed by atoms with Gasteiger partial charge in [0, 0.05) is 20.1 Å². The number of hydrogen-bond acceptors (Lipinski definition) is 4. The van der Waals surface area contributed by atoms with Gasteiger partial charge >= 0.3 is 0 Å². The average molecular weight is 515 g/mol. The number of carbonyl (C=O) groups is 1. The number of nitrogens with zero attached hydrogens (tertiary/aromatic N) is 2. The first-order valence-electron chi connectivity index (χ1n) is 12.0. The number of sulfonamides is 1. The van der Waals surface area contributed by atoms with Gasteiger partial charge in [-0.1, -0.05) is 78.4 Å². The molecular weight excluding hydrogens is 484 g/mol. The van der Waals surface area contributed by atoms with E-state index in [1.54, 1.807) is 53.4 Å². The molecule has 0 spiro atoms. The summed E-state index contributed by atoms with van der Waals surface area (Å²) in [6.07, 6.45) is 0. The Balaban J connectivity index is 1.41. The van der Waals surface area contributed by atoms with Crippen LogP contribution in [0, 0.1) is 6.92 Å². The number of benzene rings is 4. The third kappa shape index (κ3) is 6.77. The fraction of sp³-hybridized carbons (Fsp3) is 0.167. The van der Waals surface area contributed by atoms with Gasteiger partial charge in [0.2, 0.25) is 0 Å². The van der Waals surface area contributed by atoms with E-state index in [9.17, 15) is 13.2 Å². The summed E-state index contributed by atoms with van der Waals surface area (Å²) in [5, 5.41) is 0. The van der Waals surface area contributed by atoms with E-state index in [4.69, 9.17) is 4.74 Å². The van der Waals surface area contributed by atoms with E-state index in [1.165, 1.54) is 11.4 Å². The van der Waals surface area contributed by atoms with Crippen molar-refractivity contribution >= 4 is 21.6 Å². The van der Waals surface area contributed by atoms with Gasteiger partial charge in [-0.3, -0.25) is 9.10 Å². The fourth-order valence-corrected chi connectivity index (χ4v) is 5.03. The van der Waals surface area contributed by atoms with Gasteiger partial charge in [-0.15, -0.1) is 0 Å². The molecule has 0 fully saturated rings. The van der Waals surface area contributed by atoms with Crippen LogP contribution >= 0.6 is 0 Å². The first-order valence-corrected chi connectivity index (χ1v) is 13.4. The summed E-state index contributed by atoms with van der Waals surface area (Å²) < 4.78 is 32.9. The molecule has 0 aromatic heterocycles. The molecule has 0 bridgehead atoms. The van der Waals surface area contributed by atoms with Crippen LogP contribution in [0.4, 0.5) is 5.69 Å². The Labute approximate surface area is 218 Å². The largest absolute Gasteiger partial charge is 0.484 e. The van der Waals surface area contributed by atoms with Crippen molar-refractivity contribution in [2.45, 2.75) is 24.9 Å². The molecule has 4 aromatic carbocycles. The van der Waals surface area contributed by atoms with E-state index in [0.29, 0.717) is 24.5 Å². The van der Waals surface area contributed by atoms with Gasteiger partial charge in [-0.25, -0.2) is 8.42 Å². The average Bonchev–Trinajstić information content (AvgIpc) is 2.92. The summed E-state index contributed by atoms with van der Waals surface area (Å²) >= 11 is 0. The number of anilines is 1. The first kappa shape index (κ1) is 26.0. The molecule has 0 radical (unpaired) electrons. The lowest BCUT2D eigenvalue weighted by molar-refractivity contribution is -0.134. The molecule has 0 atom stereocenters. The van der Waals surface area contributed by atoms with Gasteiger partial charge in [0.1, 0.15) is 5.75 Å². The Kier molecular flexibility index (Phi) is 8.25. The van der Waals surface area contributed by atoms with Crippen molar-refractivity contribution in [2.24, 2.45) is 0 Å². The van der Waals surface area contributed by atoms with Crippen molar-refractivity contribution in [1.82, 2.24) is 4.90 Å². The van der Waals surface area contributed by atoms with Crippen LogP contribution in [0.25, 0.3) is 0 Å². The zero-order valence-electron chi connectivity index (χ0n) is 20.9. The third-order valence-electron chi connectivity index (χ3n) is 6.03. The standard InChI is InChI=1S/C30H30N2O4S/c1-24-13-19-29(20-14-24)37(34,35)31(2)27-15-17-28(18-16-27)36-23-30(33)32(21-25-9-5-3-6-10-25)22-26-11-7-4-8-12-26/h3-20H,21-23H2,1-2H3. The molecular formula is C30H30N2O4S. The lowest BCUT2D eigenvalue weighted by Crippen LogP contribution is -2.34. The van der Waals surface area contributed by atoms with E-state index in [0.717, 1.165) is 16.7 Å². The third-order valence-corrected chi connectivity index (χ3v) is 7.83. The van der Waals surface area contributed by atoms with Gasteiger partial charge in [-0.05, 0) is 54.4 Å². The van der Waals surface area contributed by atoms with E-state index < -0.39 is 10.0 Å². The van der Waals surface area contributed by atoms with Crippen molar-refractivity contribution < 1.29 is 17.9 Å². The molecule has 0 heterocycles. The second-order valence-electron chi connectivity index (χ2n) is 8.79. The molecule has 0 unspecified atom stereocenters. The molecule has 0 aliphatic heterocycles. The minimum atomic E-state index is -3.69. The first-order chi connectivity index (χ1) is 17.8. The van der Waals surface area contributed by atoms with Crippen molar-refractivity contribution in [1.29, 1.82) is 0 Å². The predicted octanol–water partition coefficient (Wildman–Crippen LogP) is 5.43. The Hall–Kier alpha value is -4.10. The van der Waals surface area contributed by atoms with E-state index in [2.05, 4.69) is 0 Å². The second kappa shape index (κ2) is 11.8. The van der Waals surface area contributed by atoms with Crippen LogP contribution in [-0.2, 0) is 27.9 Å². The number of carbonyl (C=O) groups excluding carboxylic acids is 1. The van der Waals surface area contributed by atoms with Crippen LogP contribution in [0.2, 0.25) is 0 Å². The molecule has 0 N–H and O–H groups in total. The highest BCUT2D eigenvalue weighted by Crippen LogP contribution is 2.24. The SMILES string of the molecule is Cc1ccc(S(=O)(=O)N(C)c2ccc(OCC(=O)N(Cc3ccccc3)Cc3ccccc3)cc2)cc1. The number of hydrogen-bond donors (Lipinski definition) is 0. The van der Waals surface area contributed by atoms with Crippen LogP contribution in [-0.4, -0.2) is 32.9 Å². The molecule has 4 rings (SSSR count). The monoisotopic (exact) mass is 514 g/mol. The maximum Gasteiger partial charge on any atom is 0.264 e. The second-order valence-corrected chi connectivity index (χ2v) is 10.8. The summed E-state index contributed by atoms with van der Waals surface area (Å²) in [5.41, 5.74) is 3.56. The number of aryl methyl sites for hydroxylation is 1. The molecule has 7 heteroatoms. The van der Waals surface area contributed by atoms with Crippen molar-refractivity contribution in [3.05, 3.63) is 126 Å². The number of rotatable bonds is 10. The molecule has 37 heavy (non-hydrogen) atoms. The van der Waals surface area contributed by atoms with Gasteiger partial charge in [0.15, 0.2) is 6.61 Å². The Morgan fingerprint density at radius 2 is 1.24 bits per heavy atom. The normalized spacial score (nSPS) is 11.1. The molecule has 0 aliphatic rings. The highest BCUT2D eigenvalue weighted by molar-refractivity contribution is 7.92. The quantitative estimate of drug-likeness (QED) is 0.283. The molecule has 0 saturated carbocycles. The van der Waals surface area contributed by atoms with Crippen LogP contribution in [0.1, 0.15) is 16.7 Å². The Bertz CT molecular complexity index is 1360. The van der Waals surface area contributed by atoms with Gasteiger partial charge in [-0.2, -0.15) is 0 Å². The predicted molar refractivity (Wildman–Crippen MR) is 146 cm³/mol. The molecule has 190 valence electrons. The van der Waals surface area contributed by atoms with Crippen molar-refractivity contribution in [3.63, 3.8) is 0 Å². The van der Waals surface area contributed by atoms with Gasteiger partial charge in [0.05, 0.1) is 10.6 Å². The van der Waals surface area contributed by atoms with Crippen LogP contribution in [0.3, 0.4) is 0 Å². The van der Waals surface area contributed by atoms with Crippen LogP contribution in [0.5, 0.6) is 5.75 Å². The smallest absolute Gasteiger partial charge is 0.264 e. The van der Waals surface area contributed by atoms with Crippen molar-refractivity contribution in [2.75, 3.05) is 18.0 Å². The fourth-order valence-electron chi connectivity index (χ4n) is 3.84. The van der Waals surface area contributed by atoms with Crippen LogP contribution in [0.15, 0.2) is 114 Å². The van der Waals surface area contributed by atoms with E-state index >= 15 is 0 Å². The van der Waals surface area contributed by atoms with E-state index in [-0.39, 0.29) is 17.4 Å². The highest BCUT2D eigenvalue weighted by atomic mass is 32.2.